The molecule has 0 unspecified atom stereocenters. The van der Waals surface area contributed by atoms with E-state index < -0.39 is 0 Å². The highest BCUT2D eigenvalue weighted by molar-refractivity contribution is 6.09. The van der Waals surface area contributed by atoms with Crippen molar-refractivity contribution in [3.05, 3.63) is 96.1 Å². The second-order valence-corrected chi connectivity index (χ2v) is 9.51. The quantitative estimate of drug-likeness (QED) is 0.323. The van der Waals surface area contributed by atoms with Crippen molar-refractivity contribution in [3.8, 4) is 22.6 Å². The average Bonchev–Trinajstić information content (AvgIpc) is 3.17. The van der Waals surface area contributed by atoms with Gasteiger partial charge in [-0.2, -0.15) is 0 Å². The predicted octanol–water partition coefficient (Wildman–Crippen LogP) is 7.25. The molecule has 0 radical (unpaired) electrons. The lowest BCUT2D eigenvalue weighted by Gasteiger charge is -2.25. The van der Waals surface area contributed by atoms with Crippen LogP contribution in [0.2, 0.25) is 0 Å². The molecule has 5 rings (SSSR count). The number of rotatable bonds is 4. The smallest absolute Gasteiger partial charge is 0.150 e. The van der Waals surface area contributed by atoms with Crippen molar-refractivity contribution < 1.29 is 9.84 Å². The molecule has 4 aromatic carbocycles. The number of benzene rings is 4. The summed E-state index contributed by atoms with van der Waals surface area (Å²) in [5.41, 5.74) is 7.30. The molecule has 1 aromatic heterocycles. The normalized spacial score (nSPS) is 11.9. The zero-order valence-electron chi connectivity index (χ0n) is 19.6. The highest BCUT2D eigenvalue weighted by Gasteiger charge is 2.24. The van der Waals surface area contributed by atoms with Crippen LogP contribution in [0.25, 0.3) is 38.6 Å². The lowest BCUT2D eigenvalue weighted by Crippen LogP contribution is -2.13. The summed E-state index contributed by atoms with van der Waals surface area (Å²) in [5, 5.41) is 12.5. The molecule has 0 saturated heterocycles. The first-order chi connectivity index (χ1) is 15.9. The lowest BCUT2D eigenvalue weighted by molar-refractivity contribution is 0.282. The van der Waals surface area contributed by atoms with E-state index in [0.29, 0.717) is 0 Å². The number of aromatic nitrogens is 1. The summed E-state index contributed by atoms with van der Waals surface area (Å²) in [5.74, 6) is 0.801. The Hall–Kier alpha value is -3.56. The Bertz CT molecular complexity index is 1420. The van der Waals surface area contributed by atoms with Gasteiger partial charge in [0.05, 0.1) is 30.4 Å². The third-order valence-electron chi connectivity index (χ3n) is 6.44. The zero-order chi connectivity index (χ0) is 23.2. The Balaban J connectivity index is 1.95. The van der Waals surface area contributed by atoms with Gasteiger partial charge in [-0.3, -0.25) is 0 Å². The molecule has 0 fully saturated rings. The summed E-state index contributed by atoms with van der Waals surface area (Å²) >= 11 is 0. The standard InChI is InChI=1S/C30H29NO2/c1-30(2,3)21-17-25(22-12-6-5-11-20(22)19-32)29(33-4)28(18-21)31-26-15-9-7-13-23(26)24-14-8-10-16-27(24)31/h5-18,32H,19H2,1-4H3. The van der Waals surface area contributed by atoms with Crippen molar-refractivity contribution >= 4 is 21.8 Å². The number of aliphatic hydroxyl groups is 1. The van der Waals surface area contributed by atoms with Crippen LogP contribution >= 0.6 is 0 Å². The Morgan fingerprint density at radius 2 is 1.33 bits per heavy atom. The predicted molar refractivity (Wildman–Crippen MR) is 137 cm³/mol. The van der Waals surface area contributed by atoms with Crippen LogP contribution in [0, 0.1) is 0 Å². The molecule has 1 N–H and O–H groups in total. The molecule has 0 saturated carbocycles. The number of para-hydroxylation sites is 2. The lowest BCUT2D eigenvalue weighted by atomic mass is 9.84. The van der Waals surface area contributed by atoms with Crippen LogP contribution in [0.4, 0.5) is 0 Å². The van der Waals surface area contributed by atoms with Crippen LogP contribution in [-0.4, -0.2) is 16.8 Å². The van der Waals surface area contributed by atoms with Crippen molar-refractivity contribution in [1.82, 2.24) is 4.57 Å². The summed E-state index contributed by atoms with van der Waals surface area (Å²) in [7, 11) is 1.73. The molecular weight excluding hydrogens is 406 g/mol. The number of hydrogen-bond acceptors (Lipinski definition) is 2. The fourth-order valence-corrected chi connectivity index (χ4v) is 4.73. The van der Waals surface area contributed by atoms with Crippen LogP contribution in [0.1, 0.15) is 31.9 Å². The molecule has 1 heterocycles. The van der Waals surface area contributed by atoms with Crippen LogP contribution in [0.3, 0.4) is 0 Å². The maximum atomic E-state index is 10.1. The van der Waals surface area contributed by atoms with Crippen molar-refractivity contribution in [2.24, 2.45) is 0 Å². The van der Waals surface area contributed by atoms with Gasteiger partial charge in [-0.1, -0.05) is 81.4 Å². The molecule has 3 nitrogen and oxygen atoms in total. The average molecular weight is 436 g/mol. The van der Waals surface area contributed by atoms with E-state index in [0.717, 1.165) is 39.2 Å². The highest BCUT2D eigenvalue weighted by Crippen LogP contribution is 2.43. The number of nitrogens with zero attached hydrogens (tertiary/aromatic N) is 1. The van der Waals surface area contributed by atoms with Gasteiger partial charge in [0.1, 0.15) is 0 Å². The molecule has 0 atom stereocenters. The fourth-order valence-electron chi connectivity index (χ4n) is 4.73. The molecule has 0 aliphatic rings. The molecule has 0 aliphatic carbocycles. The summed E-state index contributed by atoms with van der Waals surface area (Å²) in [6.07, 6.45) is 0. The number of hydrogen-bond donors (Lipinski definition) is 1. The minimum Gasteiger partial charge on any atom is -0.494 e. The van der Waals surface area contributed by atoms with E-state index in [1.54, 1.807) is 7.11 Å². The van der Waals surface area contributed by atoms with E-state index in [2.05, 4.69) is 92.1 Å². The number of fused-ring (bicyclic) bond motifs is 3. The Kier molecular flexibility index (Phi) is 5.22. The third-order valence-corrected chi connectivity index (χ3v) is 6.44. The highest BCUT2D eigenvalue weighted by atomic mass is 16.5. The first-order valence-electron chi connectivity index (χ1n) is 11.3. The topological polar surface area (TPSA) is 34.4 Å². The largest absolute Gasteiger partial charge is 0.494 e. The second kappa shape index (κ2) is 8.09. The monoisotopic (exact) mass is 435 g/mol. The molecular formula is C30H29NO2. The van der Waals surface area contributed by atoms with E-state index in [9.17, 15) is 5.11 Å². The van der Waals surface area contributed by atoms with E-state index in [1.807, 2.05) is 18.2 Å². The van der Waals surface area contributed by atoms with Crippen LogP contribution in [-0.2, 0) is 12.0 Å². The van der Waals surface area contributed by atoms with Crippen molar-refractivity contribution in [2.45, 2.75) is 32.8 Å². The number of aliphatic hydroxyl groups excluding tert-OH is 1. The Morgan fingerprint density at radius 3 is 1.91 bits per heavy atom. The van der Waals surface area contributed by atoms with Gasteiger partial charge < -0.3 is 14.4 Å². The van der Waals surface area contributed by atoms with Crippen molar-refractivity contribution in [1.29, 1.82) is 0 Å². The maximum Gasteiger partial charge on any atom is 0.150 e. The first kappa shape index (κ1) is 21.3. The molecule has 0 aliphatic heterocycles. The summed E-state index contributed by atoms with van der Waals surface area (Å²) in [6, 6.07) is 29.5. The molecule has 3 heteroatoms. The van der Waals surface area contributed by atoms with Gasteiger partial charge in [-0.25, -0.2) is 0 Å². The molecule has 0 amide bonds. The fraction of sp³-hybridized carbons (Fsp3) is 0.200. The minimum absolute atomic E-state index is 0.0240. The first-order valence-corrected chi connectivity index (χ1v) is 11.3. The number of ether oxygens (including phenoxy) is 1. The van der Waals surface area contributed by atoms with Gasteiger partial charge in [0.25, 0.3) is 0 Å². The van der Waals surface area contributed by atoms with Crippen LogP contribution in [0.5, 0.6) is 5.75 Å². The second-order valence-electron chi connectivity index (χ2n) is 9.51. The van der Waals surface area contributed by atoms with Crippen LogP contribution in [0.15, 0.2) is 84.9 Å². The summed E-state index contributed by atoms with van der Waals surface area (Å²) < 4.78 is 8.43. The summed E-state index contributed by atoms with van der Waals surface area (Å²) in [6.45, 7) is 6.66. The third kappa shape index (κ3) is 3.49. The van der Waals surface area contributed by atoms with Crippen molar-refractivity contribution in [3.63, 3.8) is 0 Å². The van der Waals surface area contributed by atoms with Gasteiger partial charge in [-0.05, 0) is 46.4 Å². The van der Waals surface area contributed by atoms with Crippen LogP contribution < -0.4 is 4.74 Å². The maximum absolute atomic E-state index is 10.1. The molecule has 0 bridgehead atoms. The molecule has 0 spiro atoms. The van der Waals surface area contributed by atoms with Gasteiger partial charge in [0, 0.05) is 16.3 Å². The van der Waals surface area contributed by atoms with E-state index in [1.165, 1.54) is 16.3 Å². The SMILES string of the molecule is COc1c(-c2ccccc2CO)cc(C(C)(C)C)cc1-n1c2ccccc2c2ccccc21. The van der Waals surface area contributed by atoms with E-state index in [-0.39, 0.29) is 12.0 Å². The van der Waals surface area contributed by atoms with Gasteiger partial charge in [0.15, 0.2) is 5.75 Å². The molecule has 33 heavy (non-hydrogen) atoms. The number of methoxy groups -OCH3 is 1. The molecule has 5 aromatic rings. The van der Waals surface area contributed by atoms with Gasteiger partial charge in [-0.15, -0.1) is 0 Å². The van der Waals surface area contributed by atoms with Gasteiger partial charge >= 0.3 is 0 Å². The Morgan fingerprint density at radius 1 is 0.758 bits per heavy atom. The van der Waals surface area contributed by atoms with E-state index in [4.69, 9.17) is 4.74 Å². The van der Waals surface area contributed by atoms with E-state index >= 15 is 0 Å². The van der Waals surface area contributed by atoms with Crippen molar-refractivity contribution in [2.75, 3.05) is 7.11 Å². The Labute approximate surface area is 194 Å². The zero-order valence-corrected chi connectivity index (χ0v) is 19.6. The minimum atomic E-state index is -0.0668. The van der Waals surface area contributed by atoms with Gasteiger partial charge in [0.2, 0.25) is 0 Å². The summed E-state index contributed by atoms with van der Waals surface area (Å²) in [4.78, 5) is 0. The molecule has 166 valence electrons.